The van der Waals surface area contributed by atoms with E-state index in [0.717, 1.165) is 11.1 Å². The van der Waals surface area contributed by atoms with E-state index in [4.69, 9.17) is 4.74 Å². The molecule has 0 radical (unpaired) electrons. The summed E-state index contributed by atoms with van der Waals surface area (Å²) < 4.78 is 4.93. The molecule has 1 unspecified atom stereocenters. The Kier molecular flexibility index (Phi) is 4.74. The highest BCUT2D eigenvalue weighted by Gasteiger charge is 2.35. The standard InChI is InChI=1S/C15H20N2O3/c1-3-17-13(18)10-11-6-4-5-7-12(11)14(17)15(19)16-8-9-20-2/h4-7,14H,3,8-10H2,1-2H3,(H,16,19). The van der Waals surface area contributed by atoms with Crippen molar-refractivity contribution in [1.82, 2.24) is 10.2 Å². The number of amides is 2. The molecule has 0 saturated heterocycles. The van der Waals surface area contributed by atoms with Crippen LogP contribution in [-0.4, -0.2) is 43.5 Å². The number of fused-ring (bicyclic) bond motifs is 1. The molecule has 2 amide bonds. The Bertz CT molecular complexity index is 502. The van der Waals surface area contributed by atoms with Gasteiger partial charge in [-0.3, -0.25) is 9.59 Å². The van der Waals surface area contributed by atoms with Crippen LogP contribution < -0.4 is 5.32 Å². The molecule has 1 aliphatic heterocycles. The fourth-order valence-corrected chi connectivity index (χ4v) is 2.55. The van der Waals surface area contributed by atoms with Gasteiger partial charge >= 0.3 is 0 Å². The van der Waals surface area contributed by atoms with E-state index in [0.29, 0.717) is 26.1 Å². The lowest BCUT2D eigenvalue weighted by Gasteiger charge is -2.35. The summed E-state index contributed by atoms with van der Waals surface area (Å²) in [4.78, 5) is 26.2. The van der Waals surface area contributed by atoms with Gasteiger partial charge in [-0.2, -0.15) is 0 Å². The maximum absolute atomic E-state index is 12.4. The van der Waals surface area contributed by atoms with Crippen LogP contribution in [0.4, 0.5) is 0 Å². The maximum atomic E-state index is 12.4. The van der Waals surface area contributed by atoms with Gasteiger partial charge in [-0.25, -0.2) is 0 Å². The van der Waals surface area contributed by atoms with E-state index in [-0.39, 0.29) is 11.8 Å². The van der Waals surface area contributed by atoms with Crippen molar-refractivity contribution in [3.8, 4) is 0 Å². The van der Waals surface area contributed by atoms with Crippen molar-refractivity contribution in [3.05, 3.63) is 35.4 Å². The van der Waals surface area contributed by atoms with Crippen molar-refractivity contribution in [2.75, 3.05) is 26.8 Å². The largest absolute Gasteiger partial charge is 0.383 e. The number of hydrogen-bond donors (Lipinski definition) is 1. The Balaban J connectivity index is 2.26. The summed E-state index contributed by atoms with van der Waals surface area (Å²) in [7, 11) is 1.59. The average Bonchev–Trinajstić information content (AvgIpc) is 2.45. The monoisotopic (exact) mass is 276 g/mol. The Morgan fingerprint density at radius 2 is 2.20 bits per heavy atom. The summed E-state index contributed by atoms with van der Waals surface area (Å²) in [5.41, 5.74) is 1.86. The second-order valence-electron chi connectivity index (χ2n) is 4.74. The summed E-state index contributed by atoms with van der Waals surface area (Å²) in [6.45, 7) is 3.32. The quantitative estimate of drug-likeness (QED) is 0.813. The number of carbonyl (C=O) groups excluding carboxylic acids is 2. The number of likely N-dealkylation sites (N-methyl/N-ethyl adjacent to an activating group) is 1. The van der Waals surface area contributed by atoms with Gasteiger partial charge in [0.2, 0.25) is 11.8 Å². The van der Waals surface area contributed by atoms with Gasteiger partial charge < -0.3 is 15.0 Å². The van der Waals surface area contributed by atoms with Crippen LogP contribution in [0.25, 0.3) is 0 Å². The summed E-state index contributed by atoms with van der Waals surface area (Å²) in [5.74, 6) is -0.150. The van der Waals surface area contributed by atoms with Crippen molar-refractivity contribution in [3.63, 3.8) is 0 Å². The van der Waals surface area contributed by atoms with Crippen LogP contribution in [0.3, 0.4) is 0 Å². The number of rotatable bonds is 5. The van der Waals surface area contributed by atoms with Crippen molar-refractivity contribution in [2.24, 2.45) is 0 Å². The zero-order valence-corrected chi connectivity index (χ0v) is 11.9. The number of nitrogens with one attached hydrogen (secondary N) is 1. The summed E-state index contributed by atoms with van der Waals surface area (Å²) in [6, 6.07) is 7.10. The Hall–Kier alpha value is -1.88. The molecular weight excluding hydrogens is 256 g/mol. The second-order valence-corrected chi connectivity index (χ2v) is 4.74. The third-order valence-corrected chi connectivity index (χ3v) is 3.52. The molecule has 0 fully saturated rings. The molecule has 1 aliphatic rings. The molecule has 108 valence electrons. The number of ether oxygens (including phenoxy) is 1. The van der Waals surface area contributed by atoms with Gasteiger partial charge in [0, 0.05) is 20.2 Å². The van der Waals surface area contributed by atoms with Crippen molar-refractivity contribution >= 4 is 11.8 Å². The molecule has 5 heteroatoms. The molecule has 5 nitrogen and oxygen atoms in total. The van der Waals surface area contributed by atoms with Crippen LogP contribution >= 0.6 is 0 Å². The Morgan fingerprint density at radius 3 is 2.90 bits per heavy atom. The van der Waals surface area contributed by atoms with E-state index in [1.807, 2.05) is 31.2 Å². The van der Waals surface area contributed by atoms with Crippen LogP contribution in [0.1, 0.15) is 24.1 Å². The SMILES string of the molecule is CCN1C(=O)Cc2ccccc2C1C(=O)NCCOC. The van der Waals surface area contributed by atoms with Crippen molar-refractivity contribution in [2.45, 2.75) is 19.4 Å². The molecule has 1 aromatic carbocycles. The molecule has 1 aromatic rings. The van der Waals surface area contributed by atoms with Gasteiger partial charge in [-0.1, -0.05) is 24.3 Å². The number of methoxy groups -OCH3 is 1. The number of carbonyl (C=O) groups is 2. The zero-order valence-electron chi connectivity index (χ0n) is 11.9. The minimum absolute atomic E-state index is 0.00177. The minimum Gasteiger partial charge on any atom is -0.383 e. The highest BCUT2D eigenvalue weighted by Crippen LogP contribution is 2.30. The van der Waals surface area contributed by atoms with Crippen LogP contribution in [-0.2, 0) is 20.7 Å². The van der Waals surface area contributed by atoms with Gasteiger partial charge in [-0.15, -0.1) is 0 Å². The normalized spacial score (nSPS) is 17.8. The van der Waals surface area contributed by atoms with E-state index >= 15 is 0 Å². The van der Waals surface area contributed by atoms with Gasteiger partial charge in [-0.05, 0) is 18.1 Å². The molecule has 0 saturated carbocycles. The van der Waals surface area contributed by atoms with Gasteiger partial charge in [0.1, 0.15) is 6.04 Å². The lowest BCUT2D eigenvalue weighted by atomic mass is 9.91. The van der Waals surface area contributed by atoms with Gasteiger partial charge in [0.25, 0.3) is 0 Å². The van der Waals surface area contributed by atoms with Gasteiger partial charge in [0.15, 0.2) is 0 Å². The van der Waals surface area contributed by atoms with Gasteiger partial charge in [0.05, 0.1) is 13.0 Å². The molecule has 0 aromatic heterocycles. The third-order valence-electron chi connectivity index (χ3n) is 3.52. The lowest BCUT2D eigenvalue weighted by Crippen LogP contribution is -2.47. The molecule has 1 N–H and O–H groups in total. The number of nitrogens with zero attached hydrogens (tertiary/aromatic N) is 1. The zero-order chi connectivity index (χ0) is 14.5. The average molecular weight is 276 g/mol. The molecule has 2 rings (SSSR count). The number of hydrogen-bond acceptors (Lipinski definition) is 3. The maximum Gasteiger partial charge on any atom is 0.247 e. The fourth-order valence-electron chi connectivity index (χ4n) is 2.55. The van der Waals surface area contributed by atoms with Crippen LogP contribution in [0.5, 0.6) is 0 Å². The molecule has 0 spiro atoms. The highest BCUT2D eigenvalue weighted by atomic mass is 16.5. The van der Waals surface area contributed by atoms with Crippen LogP contribution in [0.2, 0.25) is 0 Å². The summed E-state index contributed by atoms with van der Waals surface area (Å²) >= 11 is 0. The molecule has 0 bridgehead atoms. The molecule has 1 atom stereocenters. The summed E-state index contributed by atoms with van der Waals surface area (Å²) in [6.07, 6.45) is 0.367. The predicted molar refractivity (Wildman–Crippen MR) is 75.2 cm³/mol. The fraction of sp³-hybridized carbons (Fsp3) is 0.467. The first kappa shape index (κ1) is 14.5. The number of benzene rings is 1. The van der Waals surface area contributed by atoms with Crippen LogP contribution in [0, 0.1) is 0 Å². The summed E-state index contributed by atoms with van der Waals surface area (Å²) in [5, 5.41) is 2.82. The third kappa shape index (κ3) is 2.82. The Labute approximate surface area is 118 Å². The van der Waals surface area contributed by atoms with Crippen molar-refractivity contribution < 1.29 is 14.3 Å². The van der Waals surface area contributed by atoms with E-state index in [2.05, 4.69) is 5.32 Å². The van der Waals surface area contributed by atoms with E-state index in [1.165, 1.54) is 0 Å². The molecule has 1 heterocycles. The second kappa shape index (κ2) is 6.52. The first-order valence-corrected chi connectivity index (χ1v) is 6.83. The smallest absolute Gasteiger partial charge is 0.247 e. The van der Waals surface area contributed by atoms with Crippen LogP contribution in [0.15, 0.2) is 24.3 Å². The molecular formula is C15H20N2O3. The minimum atomic E-state index is -0.533. The van der Waals surface area contributed by atoms with E-state index < -0.39 is 6.04 Å². The lowest BCUT2D eigenvalue weighted by molar-refractivity contribution is -0.141. The topological polar surface area (TPSA) is 58.6 Å². The van der Waals surface area contributed by atoms with E-state index in [1.54, 1.807) is 12.0 Å². The first-order valence-electron chi connectivity index (χ1n) is 6.83. The van der Waals surface area contributed by atoms with E-state index in [9.17, 15) is 9.59 Å². The molecule has 20 heavy (non-hydrogen) atoms. The molecule has 0 aliphatic carbocycles. The Morgan fingerprint density at radius 1 is 1.45 bits per heavy atom. The van der Waals surface area contributed by atoms with Crippen molar-refractivity contribution in [1.29, 1.82) is 0 Å². The first-order chi connectivity index (χ1) is 9.69. The predicted octanol–water partition coefficient (Wildman–Crippen LogP) is 0.895. The highest BCUT2D eigenvalue weighted by molar-refractivity contribution is 5.92.